The van der Waals surface area contributed by atoms with Crippen LogP contribution in [-0.2, 0) is 11.2 Å². The normalized spacial score (nSPS) is 10.5. The summed E-state index contributed by atoms with van der Waals surface area (Å²) in [6, 6.07) is 13.6. The van der Waals surface area contributed by atoms with Crippen molar-refractivity contribution in [2.75, 3.05) is 5.32 Å². The number of alkyl halides is 2. The average molecular weight is 291 g/mol. The monoisotopic (exact) mass is 291 g/mol. The van der Waals surface area contributed by atoms with Gasteiger partial charge in [0, 0.05) is 0 Å². The van der Waals surface area contributed by atoms with Crippen molar-refractivity contribution in [2.45, 2.75) is 20.0 Å². The van der Waals surface area contributed by atoms with Crippen LogP contribution in [0, 0.1) is 6.92 Å². The zero-order valence-corrected chi connectivity index (χ0v) is 11.5. The third-order valence-electron chi connectivity index (χ3n) is 2.99. The van der Waals surface area contributed by atoms with Crippen LogP contribution in [0.2, 0.25) is 0 Å². The molecule has 0 radical (unpaired) electrons. The Morgan fingerprint density at radius 3 is 2.52 bits per heavy atom. The van der Waals surface area contributed by atoms with Crippen LogP contribution in [-0.4, -0.2) is 12.5 Å². The number of ether oxygens (including phenoxy) is 1. The molecule has 0 aromatic heterocycles. The first kappa shape index (κ1) is 15.0. The zero-order valence-electron chi connectivity index (χ0n) is 11.5. The molecule has 0 aliphatic carbocycles. The number of anilines is 1. The van der Waals surface area contributed by atoms with Gasteiger partial charge in [-0.25, -0.2) is 0 Å². The summed E-state index contributed by atoms with van der Waals surface area (Å²) in [6.45, 7) is -1.02. The van der Waals surface area contributed by atoms with Gasteiger partial charge in [0.25, 0.3) is 0 Å². The Labute approximate surface area is 121 Å². The first-order valence-electron chi connectivity index (χ1n) is 6.44. The Bertz CT molecular complexity index is 629. The summed E-state index contributed by atoms with van der Waals surface area (Å²) < 4.78 is 29.0. The highest BCUT2D eigenvalue weighted by atomic mass is 19.3. The molecule has 0 saturated carbocycles. The van der Waals surface area contributed by atoms with Crippen molar-refractivity contribution in [2.24, 2.45) is 0 Å². The molecular formula is C16H15F2NO2. The minimum atomic E-state index is -2.93. The lowest BCUT2D eigenvalue weighted by molar-refractivity contribution is -0.115. The Kier molecular flexibility index (Phi) is 4.87. The molecule has 1 N–H and O–H groups in total. The first-order valence-corrected chi connectivity index (χ1v) is 6.44. The van der Waals surface area contributed by atoms with Crippen LogP contribution < -0.4 is 10.1 Å². The summed E-state index contributed by atoms with van der Waals surface area (Å²) in [4.78, 5) is 12.0. The van der Waals surface area contributed by atoms with Crippen LogP contribution in [0.5, 0.6) is 5.75 Å². The molecule has 1 amide bonds. The van der Waals surface area contributed by atoms with E-state index in [1.54, 1.807) is 12.1 Å². The third-order valence-corrected chi connectivity index (χ3v) is 2.99. The number of rotatable bonds is 5. The number of hydrogen-bond donors (Lipinski definition) is 1. The molecule has 0 heterocycles. The molecule has 0 bridgehead atoms. The van der Waals surface area contributed by atoms with Gasteiger partial charge in [0.15, 0.2) is 0 Å². The van der Waals surface area contributed by atoms with Gasteiger partial charge in [-0.3, -0.25) is 4.79 Å². The largest absolute Gasteiger partial charge is 0.433 e. The van der Waals surface area contributed by atoms with Crippen LogP contribution >= 0.6 is 0 Å². The van der Waals surface area contributed by atoms with Gasteiger partial charge in [-0.2, -0.15) is 8.78 Å². The smallest absolute Gasteiger partial charge is 0.387 e. The molecule has 0 spiro atoms. The molecule has 0 fully saturated rings. The van der Waals surface area contributed by atoms with Crippen LogP contribution in [0.3, 0.4) is 0 Å². The van der Waals surface area contributed by atoms with Gasteiger partial charge in [0.1, 0.15) is 5.75 Å². The molecule has 0 saturated heterocycles. The number of nitrogens with one attached hydrogen (secondary N) is 1. The van der Waals surface area contributed by atoms with E-state index in [2.05, 4.69) is 10.1 Å². The molecule has 110 valence electrons. The molecule has 5 heteroatoms. The SMILES string of the molecule is Cc1ccccc1CC(=O)Nc1ccccc1OC(F)F. The lowest BCUT2D eigenvalue weighted by Gasteiger charge is -2.12. The maximum Gasteiger partial charge on any atom is 0.387 e. The van der Waals surface area contributed by atoms with Crippen molar-refractivity contribution in [1.82, 2.24) is 0 Å². The Morgan fingerprint density at radius 1 is 1.14 bits per heavy atom. The zero-order chi connectivity index (χ0) is 15.2. The number of amides is 1. The van der Waals surface area contributed by atoms with E-state index < -0.39 is 6.61 Å². The van der Waals surface area contributed by atoms with Crippen LogP contribution in [0.4, 0.5) is 14.5 Å². The van der Waals surface area contributed by atoms with Gasteiger partial charge in [-0.15, -0.1) is 0 Å². The van der Waals surface area contributed by atoms with Crippen LogP contribution in [0.15, 0.2) is 48.5 Å². The van der Waals surface area contributed by atoms with Gasteiger partial charge >= 0.3 is 6.61 Å². The number of para-hydroxylation sites is 2. The van der Waals surface area contributed by atoms with Crippen LogP contribution in [0.1, 0.15) is 11.1 Å². The number of halogens is 2. The van der Waals surface area contributed by atoms with E-state index in [1.807, 2.05) is 31.2 Å². The molecule has 0 atom stereocenters. The molecule has 0 aliphatic heterocycles. The van der Waals surface area contributed by atoms with Crippen molar-refractivity contribution >= 4 is 11.6 Å². The fraction of sp³-hybridized carbons (Fsp3) is 0.188. The van der Waals surface area contributed by atoms with E-state index in [-0.39, 0.29) is 23.8 Å². The maximum atomic E-state index is 12.3. The van der Waals surface area contributed by atoms with Gasteiger partial charge in [0.05, 0.1) is 12.1 Å². The minimum Gasteiger partial charge on any atom is -0.433 e. The highest BCUT2D eigenvalue weighted by Gasteiger charge is 2.12. The second kappa shape index (κ2) is 6.83. The van der Waals surface area contributed by atoms with E-state index in [4.69, 9.17) is 0 Å². The molecule has 0 unspecified atom stereocenters. The summed E-state index contributed by atoms with van der Waals surface area (Å²) in [6.07, 6.45) is 0.176. The summed E-state index contributed by atoms with van der Waals surface area (Å²) in [5, 5.41) is 2.59. The number of carbonyl (C=O) groups is 1. The topological polar surface area (TPSA) is 38.3 Å². The number of aryl methyl sites for hydroxylation is 1. The lowest BCUT2D eigenvalue weighted by Crippen LogP contribution is -2.16. The number of hydrogen-bond acceptors (Lipinski definition) is 2. The van der Waals surface area contributed by atoms with Crippen molar-refractivity contribution < 1.29 is 18.3 Å². The number of carbonyl (C=O) groups excluding carboxylic acids is 1. The molecule has 21 heavy (non-hydrogen) atoms. The van der Waals surface area contributed by atoms with E-state index in [1.165, 1.54) is 12.1 Å². The Morgan fingerprint density at radius 2 is 1.81 bits per heavy atom. The lowest BCUT2D eigenvalue weighted by atomic mass is 10.1. The van der Waals surface area contributed by atoms with Gasteiger partial charge in [0.2, 0.25) is 5.91 Å². The van der Waals surface area contributed by atoms with E-state index in [0.29, 0.717) is 0 Å². The average Bonchev–Trinajstić information content (AvgIpc) is 2.43. The number of benzene rings is 2. The van der Waals surface area contributed by atoms with Crippen molar-refractivity contribution in [3.8, 4) is 5.75 Å². The van der Waals surface area contributed by atoms with E-state index in [9.17, 15) is 13.6 Å². The highest BCUT2D eigenvalue weighted by molar-refractivity contribution is 5.93. The predicted molar refractivity (Wildman–Crippen MR) is 76.6 cm³/mol. The summed E-state index contributed by atoms with van der Waals surface area (Å²) in [5.41, 5.74) is 2.13. The standard InChI is InChI=1S/C16H15F2NO2/c1-11-6-2-3-7-12(11)10-15(20)19-13-8-4-5-9-14(13)21-16(17)18/h2-9,16H,10H2,1H3,(H,19,20). The summed E-state index contributed by atoms with van der Waals surface area (Å²) >= 11 is 0. The molecule has 2 aromatic carbocycles. The van der Waals surface area contributed by atoms with Gasteiger partial charge in [-0.1, -0.05) is 36.4 Å². The van der Waals surface area contributed by atoms with Crippen LogP contribution in [0.25, 0.3) is 0 Å². The predicted octanol–water partition coefficient (Wildman–Crippen LogP) is 3.78. The summed E-state index contributed by atoms with van der Waals surface area (Å²) in [5.74, 6) is -0.333. The van der Waals surface area contributed by atoms with E-state index >= 15 is 0 Å². The van der Waals surface area contributed by atoms with Gasteiger partial charge in [-0.05, 0) is 30.2 Å². The highest BCUT2D eigenvalue weighted by Crippen LogP contribution is 2.25. The maximum absolute atomic E-state index is 12.3. The minimum absolute atomic E-state index is 0.0503. The molecular weight excluding hydrogens is 276 g/mol. The molecule has 2 rings (SSSR count). The quantitative estimate of drug-likeness (QED) is 0.910. The van der Waals surface area contributed by atoms with E-state index in [0.717, 1.165) is 11.1 Å². The Balaban J connectivity index is 2.08. The fourth-order valence-electron chi connectivity index (χ4n) is 1.94. The molecule has 3 nitrogen and oxygen atoms in total. The fourth-order valence-corrected chi connectivity index (χ4v) is 1.94. The first-order chi connectivity index (χ1) is 10.1. The second-order valence-corrected chi connectivity index (χ2v) is 4.53. The summed E-state index contributed by atoms with van der Waals surface area (Å²) in [7, 11) is 0. The van der Waals surface area contributed by atoms with Crippen molar-refractivity contribution in [1.29, 1.82) is 0 Å². The van der Waals surface area contributed by atoms with Gasteiger partial charge < -0.3 is 10.1 Å². The molecule has 0 aliphatic rings. The third kappa shape index (κ3) is 4.27. The van der Waals surface area contributed by atoms with Crippen molar-refractivity contribution in [3.63, 3.8) is 0 Å². The van der Waals surface area contributed by atoms with Crippen molar-refractivity contribution in [3.05, 3.63) is 59.7 Å². The molecule has 2 aromatic rings. The Hall–Kier alpha value is -2.43. The second-order valence-electron chi connectivity index (χ2n) is 4.53.